The topological polar surface area (TPSA) is 35.8 Å². The fourth-order valence-electron chi connectivity index (χ4n) is 2.94. The molecule has 1 aromatic carbocycles. The molecule has 1 aromatic rings. The highest BCUT2D eigenvalue weighted by atomic mass is 16.4. The van der Waals surface area contributed by atoms with Crippen LogP contribution in [0.4, 0.5) is 5.69 Å². The van der Waals surface area contributed by atoms with Crippen molar-refractivity contribution < 1.29 is 5.21 Å². The van der Waals surface area contributed by atoms with Crippen molar-refractivity contribution in [2.75, 3.05) is 11.9 Å². The van der Waals surface area contributed by atoms with Crippen LogP contribution in [-0.2, 0) is 0 Å². The SMILES string of the molecule is Cc1cc2c(cc1/C=N/O)[C@@H](C)CC(C)(C)N2C. The smallest absolute Gasteiger partial charge is 0.0736 e. The molecular formula is C15H22N2O. The van der Waals surface area contributed by atoms with Crippen molar-refractivity contribution in [1.82, 2.24) is 0 Å². The maximum Gasteiger partial charge on any atom is 0.0736 e. The Kier molecular flexibility index (Phi) is 3.09. The van der Waals surface area contributed by atoms with Gasteiger partial charge in [0.05, 0.1) is 6.21 Å². The van der Waals surface area contributed by atoms with Gasteiger partial charge in [-0.25, -0.2) is 0 Å². The number of benzene rings is 1. The third-order valence-corrected chi connectivity index (χ3v) is 4.22. The monoisotopic (exact) mass is 246 g/mol. The summed E-state index contributed by atoms with van der Waals surface area (Å²) in [5.74, 6) is 0.526. The molecule has 98 valence electrons. The van der Waals surface area contributed by atoms with Crippen molar-refractivity contribution in [1.29, 1.82) is 0 Å². The molecule has 0 unspecified atom stereocenters. The molecule has 0 saturated heterocycles. The second-order valence-corrected chi connectivity index (χ2v) is 5.99. The molecular weight excluding hydrogens is 224 g/mol. The zero-order valence-corrected chi connectivity index (χ0v) is 11.9. The minimum Gasteiger partial charge on any atom is -0.411 e. The van der Waals surface area contributed by atoms with Gasteiger partial charge in [-0.2, -0.15) is 0 Å². The van der Waals surface area contributed by atoms with Crippen LogP contribution < -0.4 is 4.90 Å². The van der Waals surface area contributed by atoms with E-state index >= 15 is 0 Å². The van der Waals surface area contributed by atoms with Gasteiger partial charge in [-0.3, -0.25) is 0 Å². The lowest BCUT2D eigenvalue weighted by Gasteiger charge is -2.45. The lowest BCUT2D eigenvalue weighted by molar-refractivity contribution is 0.322. The van der Waals surface area contributed by atoms with Gasteiger partial charge in [-0.1, -0.05) is 12.1 Å². The van der Waals surface area contributed by atoms with E-state index in [1.165, 1.54) is 17.5 Å². The summed E-state index contributed by atoms with van der Waals surface area (Å²) in [5.41, 5.74) is 4.97. The van der Waals surface area contributed by atoms with Crippen LogP contribution in [0.5, 0.6) is 0 Å². The molecule has 3 heteroatoms. The zero-order chi connectivity index (χ0) is 13.5. The number of fused-ring (bicyclic) bond motifs is 1. The second-order valence-electron chi connectivity index (χ2n) is 5.99. The average Bonchev–Trinajstić information content (AvgIpc) is 2.28. The highest BCUT2D eigenvalue weighted by molar-refractivity contribution is 5.83. The van der Waals surface area contributed by atoms with Crippen LogP contribution in [0.1, 0.15) is 49.8 Å². The lowest BCUT2D eigenvalue weighted by atomic mass is 9.79. The van der Waals surface area contributed by atoms with E-state index < -0.39 is 0 Å². The minimum atomic E-state index is 0.186. The van der Waals surface area contributed by atoms with E-state index in [2.05, 4.69) is 56.9 Å². The van der Waals surface area contributed by atoms with Crippen molar-refractivity contribution in [3.63, 3.8) is 0 Å². The molecule has 0 amide bonds. The van der Waals surface area contributed by atoms with E-state index in [9.17, 15) is 0 Å². The van der Waals surface area contributed by atoms with Gasteiger partial charge < -0.3 is 10.1 Å². The van der Waals surface area contributed by atoms with Gasteiger partial charge in [0.25, 0.3) is 0 Å². The fourth-order valence-corrected chi connectivity index (χ4v) is 2.94. The molecule has 1 heterocycles. The van der Waals surface area contributed by atoms with Gasteiger partial charge in [-0.15, -0.1) is 0 Å². The minimum absolute atomic E-state index is 0.186. The predicted molar refractivity (Wildman–Crippen MR) is 76.1 cm³/mol. The molecule has 1 atom stereocenters. The van der Waals surface area contributed by atoms with Crippen molar-refractivity contribution in [3.05, 3.63) is 28.8 Å². The van der Waals surface area contributed by atoms with Crippen molar-refractivity contribution in [3.8, 4) is 0 Å². The summed E-state index contributed by atoms with van der Waals surface area (Å²) < 4.78 is 0. The Morgan fingerprint density at radius 3 is 2.72 bits per heavy atom. The van der Waals surface area contributed by atoms with E-state index in [0.717, 1.165) is 17.5 Å². The summed E-state index contributed by atoms with van der Waals surface area (Å²) in [6.07, 6.45) is 2.65. The van der Waals surface area contributed by atoms with E-state index in [-0.39, 0.29) is 5.54 Å². The molecule has 0 fully saturated rings. The lowest BCUT2D eigenvalue weighted by Crippen LogP contribution is -2.45. The van der Waals surface area contributed by atoms with Crippen LogP contribution in [-0.4, -0.2) is 24.0 Å². The molecule has 0 saturated carbocycles. The molecule has 0 bridgehead atoms. The highest BCUT2D eigenvalue weighted by Crippen LogP contribution is 2.43. The van der Waals surface area contributed by atoms with Crippen molar-refractivity contribution >= 4 is 11.9 Å². The molecule has 1 aliphatic rings. The fraction of sp³-hybridized carbons (Fsp3) is 0.533. The molecule has 1 N–H and O–H groups in total. The number of nitrogens with zero attached hydrogens (tertiary/aromatic N) is 2. The normalized spacial score (nSPS) is 22.3. The van der Waals surface area contributed by atoms with Crippen LogP contribution in [0.25, 0.3) is 0 Å². The summed E-state index contributed by atoms with van der Waals surface area (Å²) in [6.45, 7) is 8.88. The Morgan fingerprint density at radius 1 is 1.44 bits per heavy atom. The first-order valence-corrected chi connectivity index (χ1v) is 6.42. The number of rotatable bonds is 1. The summed E-state index contributed by atoms with van der Waals surface area (Å²) in [5, 5.41) is 11.9. The second kappa shape index (κ2) is 4.30. The van der Waals surface area contributed by atoms with E-state index in [0.29, 0.717) is 5.92 Å². The molecule has 0 radical (unpaired) electrons. The molecule has 0 aliphatic carbocycles. The van der Waals surface area contributed by atoms with E-state index in [4.69, 9.17) is 5.21 Å². The highest BCUT2D eigenvalue weighted by Gasteiger charge is 2.34. The standard InChI is InChI=1S/C15H22N2O/c1-10-6-14-13(7-12(10)9-16-18)11(2)8-15(3,4)17(14)5/h6-7,9,11,18H,8H2,1-5H3/b16-9+/t11-/m0/s1. The first kappa shape index (κ1) is 12.9. The van der Waals surface area contributed by atoms with E-state index in [1.54, 1.807) is 0 Å². The molecule has 2 rings (SSSR count). The van der Waals surface area contributed by atoms with Gasteiger partial charge in [0.1, 0.15) is 0 Å². The Balaban J connectivity index is 2.58. The van der Waals surface area contributed by atoms with Gasteiger partial charge >= 0.3 is 0 Å². The Hall–Kier alpha value is -1.51. The van der Waals surface area contributed by atoms with Gasteiger partial charge in [-0.05, 0) is 61.9 Å². The summed E-state index contributed by atoms with van der Waals surface area (Å²) in [7, 11) is 2.16. The van der Waals surface area contributed by atoms with Gasteiger partial charge in [0.15, 0.2) is 0 Å². The van der Waals surface area contributed by atoms with Crippen LogP contribution in [0.15, 0.2) is 17.3 Å². The summed E-state index contributed by atoms with van der Waals surface area (Å²) >= 11 is 0. The van der Waals surface area contributed by atoms with Crippen LogP contribution in [0.2, 0.25) is 0 Å². The van der Waals surface area contributed by atoms with Gasteiger partial charge in [0.2, 0.25) is 0 Å². The summed E-state index contributed by atoms with van der Waals surface area (Å²) in [4.78, 5) is 2.36. The molecule has 0 spiro atoms. The van der Waals surface area contributed by atoms with Crippen LogP contribution in [0.3, 0.4) is 0 Å². The largest absolute Gasteiger partial charge is 0.411 e. The maximum absolute atomic E-state index is 8.71. The van der Waals surface area contributed by atoms with Crippen molar-refractivity contribution in [2.45, 2.75) is 45.6 Å². The zero-order valence-electron chi connectivity index (χ0n) is 11.9. The summed E-state index contributed by atoms with van der Waals surface area (Å²) in [6, 6.07) is 4.35. The van der Waals surface area contributed by atoms with Crippen molar-refractivity contribution in [2.24, 2.45) is 5.16 Å². The third-order valence-electron chi connectivity index (χ3n) is 4.22. The number of anilines is 1. The van der Waals surface area contributed by atoms with Crippen LogP contribution in [0, 0.1) is 6.92 Å². The van der Waals surface area contributed by atoms with E-state index in [1.807, 2.05) is 0 Å². The third kappa shape index (κ3) is 1.98. The predicted octanol–water partition coefficient (Wildman–Crippen LogP) is 3.53. The number of hydrogen-bond acceptors (Lipinski definition) is 3. The molecule has 0 aromatic heterocycles. The van der Waals surface area contributed by atoms with Crippen LogP contribution >= 0.6 is 0 Å². The number of oxime groups is 1. The first-order chi connectivity index (χ1) is 8.36. The average molecular weight is 246 g/mol. The molecule has 3 nitrogen and oxygen atoms in total. The maximum atomic E-state index is 8.71. The number of hydrogen-bond donors (Lipinski definition) is 1. The molecule has 1 aliphatic heterocycles. The van der Waals surface area contributed by atoms with Gasteiger partial charge in [0, 0.05) is 18.3 Å². The number of aryl methyl sites for hydroxylation is 1. The molecule has 18 heavy (non-hydrogen) atoms. The Labute approximate surface area is 109 Å². The first-order valence-electron chi connectivity index (χ1n) is 6.42. The quantitative estimate of drug-likeness (QED) is 0.467. The Morgan fingerprint density at radius 2 is 2.11 bits per heavy atom. The Bertz CT molecular complexity index is 492.